The van der Waals surface area contributed by atoms with Gasteiger partial charge in [-0.1, -0.05) is 47.1 Å². The monoisotopic (exact) mass is 244 g/mol. The lowest BCUT2D eigenvalue weighted by Crippen LogP contribution is -2.16. The van der Waals surface area contributed by atoms with Gasteiger partial charge in [-0.05, 0) is 24.5 Å². The van der Waals surface area contributed by atoms with E-state index < -0.39 is 5.67 Å². The standard InChI is InChI=1S/C11H14BrF/c1-3-9-4-6-10(7-5-9)11(2,13)8-12/h4-7H,3,8H2,1-2H3. The van der Waals surface area contributed by atoms with E-state index in [9.17, 15) is 4.39 Å². The minimum Gasteiger partial charge on any atom is -0.238 e. The number of rotatable bonds is 3. The highest BCUT2D eigenvalue weighted by atomic mass is 79.9. The van der Waals surface area contributed by atoms with Crippen molar-refractivity contribution in [3.63, 3.8) is 0 Å². The predicted octanol–water partition coefficient (Wildman–Crippen LogP) is 3.83. The van der Waals surface area contributed by atoms with E-state index in [0.29, 0.717) is 5.33 Å². The normalized spacial score (nSPS) is 15.4. The summed E-state index contributed by atoms with van der Waals surface area (Å²) in [4.78, 5) is 0. The summed E-state index contributed by atoms with van der Waals surface area (Å²) in [6, 6.07) is 7.69. The molecule has 1 aromatic carbocycles. The molecule has 13 heavy (non-hydrogen) atoms. The van der Waals surface area contributed by atoms with Crippen LogP contribution in [0.15, 0.2) is 24.3 Å². The second-order valence-corrected chi connectivity index (χ2v) is 3.94. The molecule has 0 N–H and O–H groups in total. The van der Waals surface area contributed by atoms with Crippen LogP contribution in [-0.2, 0) is 12.1 Å². The molecule has 1 atom stereocenters. The Morgan fingerprint density at radius 3 is 2.23 bits per heavy atom. The van der Waals surface area contributed by atoms with E-state index in [-0.39, 0.29) is 0 Å². The summed E-state index contributed by atoms with van der Waals surface area (Å²) in [7, 11) is 0. The highest BCUT2D eigenvalue weighted by Crippen LogP contribution is 2.27. The van der Waals surface area contributed by atoms with E-state index in [4.69, 9.17) is 0 Å². The van der Waals surface area contributed by atoms with Crippen LogP contribution in [0.25, 0.3) is 0 Å². The Bertz CT molecular complexity index is 264. The highest BCUT2D eigenvalue weighted by molar-refractivity contribution is 9.09. The number of halogens is 2. The zero-order valence-corrected chi connectivity index (χ0v) is 9.57. The first-order valence-electron chi connectivity index (χ1n) is 4.44. The number of alkyl halides is 2. The number of aryl methyl sites for hydroxylation is 1. The Morgan fingerprint density at radius 2 is 1.85 bits per heavy atom. The number of hydrogen-bond acceptors (Lipinski definition) is 0. The van der Waals surface area contributed by atoms with Gasteiger partial charge in [0.1, 0.15) is 5.67 Å². The fraction of sp³-hybridized carbons (Fsp3) is 0.455. The van der Waals surface area contributed by atoms with E-state index in [1.807, 2.05) is 24.3 Å². The maximum atomic E-state index is 13.7. The lowest BCUT2D eigenvalue weighted by atomic mass is 9.98. The molecular formula is C11H14BrF. The van der Waals surface area contributed by atoms with Crippen molar-refractivity contribution in [2.45, 2.75) is 25.9 Å². The molecule has 0 saturated carbocycles. The first-order valence-corrected chi connectivity index (χ1v) is 5.56. The van der Waals surface area contributed by atoms with Gasteiger partial charge >= 0.3 is 0 Å². The molecule has 0 heterocycles. The number of benzene rings is 1. The Morgan fingerprint density at radius 1 is 1.31 bits per heavy atom. The van der Waals surface area contributed by atoms with Crippen LogP contribution in [0.1, 0.15) is 25.0 Å². The summed E-state index contributed by atoms with van der Waals surface area (Å²) in [5.41, 5.74) is 0.724. The molecule has 1 rings (SSSR count). The van der Waals surface area contributed by atoms with Crippen LogP contribution in [-0.4, -0.2) is 5.33 Å². The summed E-state index contributed by atoms with van der Waals surface area (Å²) >= 11 is 3.17. The second-order valence-electron chi connectivity index (χ2n) is 3.38. The predicted molar refractivity (Wildman–Crippen MR) is 58.1 cm³/mol. The van der Waals surface area contributed by atoms with Crippen molar-refractivity contribution in [3.05, 3.63) is 35.4 Å². The molecule has 0 saturated heterocycles. The van der Waals surface area contributed by atoms with Gasteiger partial charge in [-0.15, -0.1) is 0 Å². The van der Waals surface area contributed by atoms with Crippen molar-refractivity contribution >= 4 is 15.9 Å². The average molecular weight is 245 g/mol. The van der Waals surface area contributed by atoms with E-state index in [0.717, 1.165) is 12.0 Å². The molecule has 0 aliphatic rings. The molecular weight excluding hydrogens is 231 g/mol. The Balaban J connectivity index is 2.92. The molecule has 0 fully saturated rings. The zero-order chi connectivity index (χ0) is 9.90. The zero-order valence-electron chi connectivity index (χ0n) is 7.98. The first kappa shape index (κ1) is 10.7. The maximum Gasteiger partial charge on any atom is 0.142 e. The van der Waals surface area contributed by atoms with Crippen LogP contribution in [0.4, 0.5) is 4.39 Å². The van der Waals surface area contributed by atoms with Gasteiger partial charge < -0.3 is 0 Å². The third-order valence-corrected chi connectivity index (χ3v) is 3.27. The molecule has 0 aliphatic carbocycles. The van der Waals surface area contributed by atoms with Gasteiger partial charge in [0.2, 0.25) is 0 Å². The third-order valence-electron chi connectivity index (χ3n) is 2.22. The molecule has 0 aromatic heterocycles. The fourth-order valence-electron chi connectivity index (χ4n) is 1.17. The van der Waals surface area contributed by atoms with Gasteiger partial charge in [-0.3, -0.25) is 0 Å². The van der Waals surface area contributed by atoms with Crippen molar-refractivity contribution in [1.29, 1.82) is 0 Å². The molecule has 72 valence electrons. The van der Waals surface area contributed by atoms with E-state index in [2.05, 4.69) is 22.9 Å². The van der Waals surface area contributed by atoms with Crippen molar-refractivity contribution in [2.75, 3.05) is 5.33 Å². The molecule has 0 amide bonds. The Labute approximate surface area is 87.3 Å². The lowest BCUT2D eigenvalue weighted by molar-refractivity contribution is 0.230. The second kappa shape index (κ2) is 4.23. The minimum atomic E-state index is -1.26. The van der Waals surface area contributed by atoms with Crippen LogP contribution in [0, 0.1) is 0 Å². The summed E-state index contributed by atoms with van der Waals surface area (Å²) in [5.74, 6) is 0. The summed E-state index contributed by atoms with van der Waals surface area (Å²) in [6.45, 7) is 3.68. The van der Waals surface area contributed by atoms with Crippen molar-refractivity contribution in [3.8, 4) is 0 Å². The molecule has 0 radical (unpaired) electrons. The number of hydrogen-bond donors (Lipinski definition) is 0. The van der Waals surface area contributed by atoms with Crippen LogP contribution in [0.5, 0.6) is 0 Å². The van der Waals surface area contributed by atoms with Gasteiger partial charge in [0.05, 0.1) is 0 Å². The molecule has 2 heteroatoms. The molecule has 0 nitrogen and oxygen atoms in total. The first-order chi connectivity index (χ1) is 6.10. The smallest absolute Gasteiger partial charge is 0.142 e. The van der Waals surface area contributed by atoms with E-state index in [1.165, 1.54) is 5.56 Å². The van der Waals surface area contributed by atoms with Crippen LogP contribution in [0.2, 0.25) is 0 Å². The van der Waals surface area contributed by atoms with E-state index >= 15 is 0 Å². The maximum absolute atomic E-state index is 13.7. The van der Waals surface area contributed by atoms with Crippen LogP contribution in [0.3, 0.4) is 0 Å². The van der Waals surface area contributed by atoms with Gasteiger partial charge in [-0.25, -0.2) is 4.39 Å². The average Bonchev–Trinajstić information content (AvgIpc) is 2.18. The molecule has 0 bridgehead atoms. The Hall–Kier alpha value is -0.370. The van der Waals surface area contributed by atoms with Crippen LogP contribution < -0.4 is 0 Å². The van der Waals surface area contributed by atoms with Crippen molar-refractivity contribution in [1.82, 2.24) is 0 Å². The molecule has 0 spiro atoms. The molecule has 1 aromatic rings. The minimum absolute atomic E-state index is 0.339. The van der Waals surface area contributed by atoms with Crippen molar-refractivity contribution in [2.24, 2.45) is 0 Å². The van der Waals surface area contributed by atoms with Crippen LogP contribution >= 0.6 is 15.9 Å². The summed E-state index contributed by atoms with van der Waals surface area (Å²) < 4.78 is 13.7. The van der Waals surface area contributed by atoms with Gasteiger partial charge in [0, 0.05) is 5.33 Å². The highest BCUT2D eigenvalue weighted by Gasteiger charge is 2.23. The SMILES string of the molecule is CCc1ccc(C(C)(F)CBr)cc1. The quantitative estimate of drug-likeness (QED) is 0.710. The van der Waals surface area contributed by atoms with Gasteiger partial charge in [0.25, 0.3) is 0 Å². The van der Waals surface area contributed by atoms with E-state index in [1.54, 1.807) is 6.92 Å². The van der Waals surface area contributed by atoms with Gasteiger partial charge in [-0.2, -0.15) is 0 Å². The van der Waals surface area contributed by atoms with Gasteiger partial charge in [0.15, 0.2) is 0 Å². The molecule has 1 unspecified atom stereocenters. The molecule has 0 aliphatic heterocycles. The fourth-order valence-corrected chi connectivity index (χ4v) is 1.49. The van der Waals surface area contributed by atoms with Crippen molar-refractivity contribution < 1.29 is 4.39 Å². The summed E-state index contributed by atoms with van der Waals surface area (Å²) in [6.07, 6.45) is 0.998. The third kappa shape index (κ3) is 2.53. The lowest BCUT2D eigenvalue weighted by Gasteiger charge is -2.17. The topological polar surface area (TPSA) is 0 Å². The summed E-state index contributed by atoms with van der Waals surface area (Å²) in [5, 5.41) is 0.339. The Kier molecular flexibility index (Phi) is 3.48. The largest absolute Gasteiger partial charge is 0.238 e.